The van der Waals surface area contributed by atoms with Gasteiger partial charge < -0.3 is 5.48 Å². The molecule has 0 aliphatic heterocycles. The SMILES string of the molecule is CCCC[P+](c1ccccc1)(c1ccccc1)c1ccccc1.O. The summed E-state index contributed by atoms with van der Waals surface area (Å²) < 4.78 is 0. The molecule has 0 fully saturated rings. The van der Waals surface area contributed by atoms with Gasteiger partial charge in [0.25, 0.3) is 0 Å². The maximum Gasteiger partial charge on any atom is 0.112 e. The van der Waals surface area contributed by atoms with E-state index in [2.05, 4.69) is 97.9 Å². The van der Waals surface area contributed by atoms with Gasteiger partial charge in [0.2, 0.25) is 0 Å². The first-order valence-electron chi connectivity index (χ1n) is 8.43. The molecular formula is C22H26OP+. The Bertz CT molecular complexity index is 614. The molecule has 24 heavy (non-hydrogen) atoms. The first-order chi connectivity index (χ1) is 11.4. The van der Waals surface area contributed by atoms with Gasteiger partial charge in [-0.2, -0.15) is 0 Å². The van der Waals surface area contributed by atoms with Crippen LogP contribution in [0, 0.1) is 0 Å². The van der Waals surface area contributed by atoms with E-state index in [-0.39, 0.29) is 5.48 Å². The highest BCUT2D eigenvalue weighted by atomic mass is 31.2. The van der Waals surface area contributed by atoms with Crippen LogP contribution in [0.1, 0.15) is 19.8 Å². The maximum atomic E-state index is 2.32. The zero-order valence-electron chi connectivity index (χ0n) is 14.2. The highest BCUT2D eigenvalue weighted by Gasteiger charge is 2.44. The van der Waals surface area contributed by atoms with Crippen molar-refractivity contribution < 1.29 is 5.48 Å². The molecule has 124 valence electrons. The van der Waals surface area contributed by atoms with E-state index in [4.69, 9.17) is 0 Å². The Kier molecular flexibility index (Phi) is 6.73. The second kappa shape index (κ2) is 8.78. The Morgan fingerprint density at radius 2 is 0.917 bits per heavy atom. The first kappa shape index (κ1) is 18.4. The molecule has 0 radical (unpaired) electrons. The Balaban J connectivity index is 0.00000208. The van der Waals surface area contributed by atoms with Crippen LogP contribution in [0.3, 0.4) is 0 Å². The molecule has 0 atom stereocenters. The smallest absolute Gasteiger partial charge is 0.112 e. The zero-order valence-corrected chi connectivity index (χ0v) is 15.1. The minimum atomic E-state index is -1.57. The van der Waals surface area contributed by atoms with Gasteiger partial charge in [-0.25, -0.2) is 0 Å². The van der Waals surface area contributed by atoms with Crippen LogP contribution in [0.25, 0.3) is 0 Å². The van der Waals surface area contributed by atoms with Gasteiger partial charge in [-0.15, -0.1) is 0 Å². The van der Waals surface area contributed by atoms with E-state index in [0.717, 1.165) is 0 Å². The Labute approximate surface area is 146 Å². The second-order valence-electron chi connectivity index (χ2n) is 5.89. The van der Waals surface area contributed by atoms with Crippen LogP contribution in [-0.4, -0.2) is 11.6 Å². The van der Waals surface area contributed by atoms with Crippen molar-refractivity contribution in [3.63, 3.8) is 0 Å². The largest absolute Gasteiger partial charge is 0.412 e. The van der Waals surface area contributed by atoms with Crippen molar-refractivity contribution in [1.82, 2.24) is 0 Å². The molecule has 0 amide bonds. The summed E-state index contributed by atoms with van der Waals surface area (Å²) in [5.41, 5.74) is 0. The van der Waals surface area contributed by atoms with E-state index in [9.17, 15) is 0 Å². The fraction of sp³-hybridized carbons (Fsp3) is 0.182. The number of rotatable bonds is 6. The molecule has 0 bridgehead atoms. The lowest BCUT2D eigenvalue weighted by atomic mass is 10.3. The molecule has 0 spiro atoms. The molecular weight excluding hydrogens is 311 g/mol. The van der Waals surface area contributed by atoms with Gasteiger partial charge in [0.1, 0.15) is 23.2 Å². The fourth-order valence-corrected chi connectivity index (χ4v) is 7.78. The second-order valence-corrected chi connectivity index (χ2v) is 9.51. The van der Waals surface area contributed by atoms with Crippen molar-refractivity contribution in [1.29, 1.82) is 0 Å². The monoisotopic (exact) mass is 337 g/mol. The van der Waals surface area contributed by atoms with Gasteiger partial charge in [0.15, 0.2) is 0 Å². The van der Waals surface area contributed by atoms with E-state index in [1.165, 1.54) is 34.9 Å². The highest BCUT2D eigenvalue weighted by molar-refractivity contribution is 7.95. The molecule has 3 rings (SSSR count). The minimum absolute atomic E-state index is 0. The molecule has 0 aromatic heterocycles. The quantitative estimate of drug-likeness (QED) is 0.610. The lowest BCUT2D eigenvalue weighted by Crippen LogP contribution is -2.33. The average molecular weight is 337 g/mol. The van der Waals surface area contributed by atoms with E-state index in [0.29, 0.717) is 0 Å². The lowest BCUT2D eigenvalue weighted by molar-refractivity contribution is 0.824. The van der Waals surface area contributed by atoms with Crippen LogP contribution in [0.4, 0.5) is 0 Å². The summed E-state index contributed by atoms with van der Waals surface area (Å²) in [7, 11) is -1.57. The van der Waals surface area contributed by atoms with Gasteiger partial charge in [-0.1, -0.05) is 67.9 Å². The Hall–Kier alpha value is -1.95. The number of benzene rings is 3. The minimum Gasteiger partial charge on any atom is -0.412 e. The van der Waals surface area contributed by atoms with Crippen molar-refractivity contribution in [3.8, 4) is 0 Å². The van der Waals surface area contributed by atoms with E-state index >= 15 is 0 Å². The topological polar surface area (TPSA) is 31.5 Å². The van der Waals surface area contributed by atoms with Gasteiger partial charge in [0.05, 0.1) is 6.16 Å². The average Bonchev–Trinajstić information content (AvgIpc) is 2.65. The van der Waals surface area contributed by atoms with Gasteiger partial charge >= 0.3 is 0 Å². The predicted octanol–water partition coefficient (Wildman–Crippen LogP) is 3.96. The zero-order chi connectivity index (χ0) is 16.0. The molecule has 0 aliphatic carbocycles. The molecule has 3 aromatic rings. The normalized spacial score (nSPS) is 10.9. The van der Waals surface area contributed by atoms with Crippen LogP contribution < -0.4 is 15.9 Å². The van der Waals surface area contributed by atoms with Crippen LogP contribution in [0.5, 0.6) is 0 Å². The summed E-state index contributed by atoms with van der Waals surface area (Å²) >= 11 is 0. The first-order valence-corrected chi connectivity index (χ1v) is 10.4. The summed E-state index contributed by atoms with van der Waals surface area (Å²) in [6.45, 7) is 2.29. The van der Waals surface area contributed by atoms with Gasteiger partial charge in [0, 0.05) is 0 Å². The molecule has 0 saturated heterocycles. The van der Waals surface area contributed by atoms with Crippen molar-refractivity contribution in [2.75, 3.05) is 6.16 Å². The van der Waals surface area contributed by atoms with Gasteiger partial charge in [-0.05, 0) is 42.8 Å². The Morgan fingerprint density at radius 3 is 1.21 bits per heavy atom. The summed E-state index contributed by atoms with van der Waals surface area (Å²) in [6, 6.07) is 33.4. The number of hydrogen-bond donors (Lipinski definition) is 0. The summed E-state index contributed by atoms with van der Waals surface area (Å²) in [5.74, 6) is 0. The standard InChI is InChI=1S/C22H24P.H2O/c1-2-3-19-23(20-13-7-4-8-14-20,21-15-9-5-10-16-21)22-17-11-6-12-18-22;/h4-18H,2-3,19H2,1H3;1H2/q+1;. The van der Waals surface area contributed by atoms with Gasteiger partial charge in [-0.3, -0.25) is 0 Å². The summed E-state index contributed by atoms with van der Waals surface area (Å²) in [4.78, 5) is 0. The van der Waals surface area contributed by atoms with Crippen LogP contribution in [0.15, 0.2) is 91.0 Å². The maximum absolute atomic E-state index is 2.32. The number of hydrogen-bond acceptors (Lipinski definition) is 0. The third kappa shape index (κ3) is 3.59. The molecule has 1 nitrogen and oxygen atoms in total. The lowest BCUT2D eigenvalue weighted by Gasteiger charge is -2.27. The van der Waals surface area contributed by atoms with E-state index < -0.39 is 7.26 Å². The molecule has 0 heterocycles. The number of unbranched alkanes of at least 4 members (excludes halogenated alkanes) is 1. The molecule has 2 heteroatoms. The van der Waals surface area contributed by atoms with Crippen molar-refractivity contribution in [3.05, 3.63) is 91.0 Å². The van der Waals surface area contributed by atoms with E-state index in [1.54, 1.807) is 0 Å². The van der Waals surface area contributed by atoms with Crippen LogP contribution >= 0.6 is 7.26 Å². The molecule has 0 unspecified atom stereocenters. The highest BCUT2D eigenvalue weighted by Crippen LogP contribution is 2.55. The molecule has 2 N–H and O–H groups in total. The summed E-state index contributed by atoms with van der Waals surface area (Å²) in [5, 5.41) is 4.47. The predicted molar refractivity (Wildman–Crippen MR) is 109 cm³/mol. The van der Waals surface area contributed by atoms with Crippen molar-refractivity contribution >= 4 is 23.2 Å². The summed E-state index contributed by atoms with van der Waals surface area (Å²) in [6.07, 6.45) is 3.72. The fourth-order valence-electron chi connectivity index (χ4n) is 3.28. The molecule has 0 aliphatic rings. The third-order valence-electron chi connectivity index (χ3n) is 4.44. The Morgan fingerprint density at radius 1 is 0.583 bits per heavy atom. The van der Waals surface area contributed by atoms with Crippen molar-refractivity contribution in [2.24, 2.45) is 0 Å². The molecule has 0 saturated carbocycles. The van der Waals surface area contributed by atoms with Crippen LogP contribution in [0.2, 0.25) is 0 Å². The molecule has 3 aromatic carbocycles. The van der Waals surface area contributed by atoms with E-state index in [1.807, 2.05) is 0 Å². The van der Waals surface area contributed by atoms with Crippen LogP contribution in [-0.2, 0) is 0 Å². The van der Waals surface area contributed by atoms with Crippen molar-refractivity contribution in [2.45, 2.75) is 19.8 Å². The third-order valence-corrected chi connectivity index (χ3v) is 8.96.